The van der Waals surface area contributed by atoms with E-state index in [1.165, 1.54) is 25.4 Å². The van der Waals surface area contributed by atoms with Crippen LogP contribution in [0.1, 0.15) is 33.9 Å². The van der Waals surface area contributed by atoms with Gasteiger partial charge in [0.25, 0.3) is 5.85 Å². The highest BCUT2D eigenvalue weighted by Gasteiger charge is 2.57. The second-order valence-electron chi connectivity index (χ2n) is 9.39. The summed E-state index contributed by atoms with van der Waals surface area (Å²) in [4.78, 5) is 24.5. The highest BCUT2D eigenvalue weighted by atomic mass is 31.2. The molecule has 0 aliphatic carbocycles. The molecule has 17 heteroatoms. The lowest BCUT2D eigenvalue weighted by atomic mass is 10.1. The number of esters is 1. The zero-order chi connectivity index (χ0) is 29.9. The topological polar surface area (TPSA) is 202 Å². The number of imidazole rings is 1. The van der Waals surface area contributed by atoms with E-state index in [2.05, 4.69) is 20.0 Å². The van der Waals surface area contributed by atoms with Crippen LogP contribution >= 0.6 is 7.75 Å². The lowest BCUT2D eigenvalue weighted by molar-refractivity contribution is -0.202. The van der Waals surface area contributed by atoms with E-state index in [1.54, 1.807) is 39.0 Å². The first-order valence-electron chi connectivity index (χ1n) is 12.7. The number of nitrogens with two attached hydrogens (primary N) is 1. The van der Waals surface area contributed by atoms with Gasteiger partial charge in [-0.1, -0.05) is 18.2 Å². The highest BCUT2D eigenvalue weighted by molar-refractivity contribution is 7.52. The van der Waals surface area contributed by atoms with Crippen LogP contribution in [-0.2, 0) is 23.4 Å². The molecule has 0 spiro atoms. The molecule has 224 valence electrons. The molecule has 1 saturated heterocycles. The van der Waals surface area contributed by atoms with Crippen molar-refractivity contribution in [1.29, 1.82) is 0 Å². The van der Waals surface area contributed by atoms with Gasteiger partial charge >= 0.3 is 13.7 Å². The number of rotatable bonds is 12. The summed E-state index contributed by atoms with van der Waals surface area (Å²) in [6.45, 7) is 5.42. The van der Waals surface area contributed by atoms with E-state index >= 15 is 4.39 Å². The van der Waals surface area contributed by atoms with Gasteiger partial charge in [0.1, 0.15) is 30.6 Å². The molecule has 0 bridgehead atoms. The average Bonchev–Trinajstić information content (AvgIpc) is 3.42. The molecule has 6 atom stereocenters. The van der Waals surface area contributed by atoms with Crippen molar-refractivity contribution in [3.63, 3.8) is 0 Å². The number of alkyl halides is 1. The lowest BCUT2D eigenvalue weighted by Gasteiger charge is -2.27. The zero-order valence-electron chi connectivity index (χ0n) is 22.7. The van der Waals surface area contributed by atoms with Gasteiger partial charge in [0.15, 0.2) is 17.4 Å². The summed E-state index contributed by atoms with van der Waals surface area (Å²) in [7, 11) is -4.51. The van der Waals surface area contributed by atoms with E-state index in [-0.39, 0.29) is 35.3 Å². The number of aliphatic hydroxyl groups excluding tert-OH is 2. The minimum atomic E-state index is -4.51. The third-order valence-electron chi connectivity index (χ3n) is 5.79. The number of halogens is 1. The van der Waals surface area contributed by atoms with Crippen LogP contribution in [0.25, 0.3) is 11.2 Å². The number of nitrogen functional groups attached to an aromatic ring is 1. The van der Waals surface area contributed by atoms with Gasteiger partial charge in [-0.25, -0.2) is 13.9 Å². The highest BCUT2D eigenvalue weighted by Crippen LogP contribution is 2.48. The van der Waals surface area contributed by atoms with Crippen LogP contribution in [0, 0.1) is 0 Å². The first-order chi connectivity index (χ1) is 19.4. The van der Waals surface area contributed by atoms with Crippen LogP contribution in [0.3, 0.4) is 0 Å². The van der Waals surface area contributed by atoms with Gasteiger partial charge in [-0.3, -0.25) is 13.9 Å². The Morgan fingerprint density at radius 2 is 1.98 bits per heavy atom. The Morgan fingerprint density at radius 3 is 2.63 bits per heavy atom. The number of carbonyl (C=O) groups is 1. The Bertz CT molecular complexity index is 1410. The molecule has 2 aromatic heterocycles. The number of nitrogens with zero attached hydrogens (tertiary/aromatic N) is 4. The maximum absolute atomic E-state index is 16.0. The molecule has 3 aromatic rings. The van der Waals surface area contributed by atoms with Gasteiger partial charge in [-0.2, -0.15) is 15.1 Å². The van der Waals surface area contributed by atoms with Crippen LogP contribution in [-0.4, -0.2) is 79.1 Å². The molecular formula is C24H32FN6O9P. The quantitative estimate of drug-likeness (QED) is 0.174. The Morgan fingerprint density at radius 1 is 1.27 bits per heavy atom. The Hall–Kier alpha value is -3.40. The predicted molar refractivity (Wildman–Crippen MR) is 141 cm³/mol. The molecule has 1 aromatic carbocycles. The van der Waals surface area contributed by atoms with Crippen molar-refractivity contribution >= 4 is 30.8 Å². The fourth-order valence-corrected chi connectivity index (χ4v) is 5.43. The van der Waals surface area contributed by atoms with Crippen molar-refractivity contribution < 1.29 is 47.2 Å². The summed E-state index contributed by atoms with van der Waals surface area (Å²) in [5.41, 5.74) is 5.97. The summed E-state index contributed by atoms with van der Waals surface area (Å²) in [5, 5.41) is 23.8. The third-order valence-corrected chi connectivity index (χ3v) is 7.42. The van der Waals surface area contributed by atoms with Gasteiger partial charge in [0.05, 0.1) is 19.0 Å². The van der Waals surface area contributed by atoms with Crippen LogP contribution < -0.4 is 20.1 Å². The molecular weight excluding hydrogens is 566 g/mol. The number of benzene rings is 1. The monoisotopic (exact) mass is 598 g/mol. The minimum Gasteiger partial charge on any atom is -0.476 e. The number of aliphatic hydroxyl groups is 2. The number of ether oxygens (including phenoxy) is 3. The molecule has 1 fully saturated rings. The van der Waals surface area contributed by atoms with E-state index in [1.807, 2.05) is 0 Å². The van der Waals surface area contributed by atoms with Crippen LogP contribution in [0.2, 0.25) is 0 Å². The molecule has 1 unspecified atom stereocenters. The minimum absolute atomic E-state index is 0.0413. The van der Waals surface area contributed by atoms with Crippen molar-refractivity contribution in [1.82, 2.24) is 24.6 Å². The molecule has 5 N–H and O–H groups in total. The maximum atomic E-state index is 16.0. The van der Waals surface area contributed by atoms with Gasteiger partial charge in [-0.15, -0.1) is 0 Å². The smallest absolute Gasteiger partial charge is 0.459 e. The second kappa shape index (κ2) is 12.2. The number of hydrogen-bond acceptors (Lipinski definition) is 13. The first kappa shape index (κ1) is 30.6. The van der Waals surface area contributed by atoms with Crippen molar-refractivity contribution in [2.45, 2.75) is 64.1 Å². The van der Waals surface area contributed by atoms with E-state index in [9.17, 15) is 19.6 Å². The largest absolute Gasteiger partial charge is 0.476 e. The SMILES string of the molecule is CCOc1nc(N)nc2c1ncn2C1O[C@](F)(CO[P@@](=O)(N[C@@H](C)C(=O)OC(C)C)Oc2ccccc2)[C@@H](O)[C@H]1O. The predicted octanol–water partition coefficient (Wildman–Crippen LogP) is 1.86. The number of nitrogens with one attached hydrogen (secondary N) is 1. The molecule has 4 rings (SSSR count). The molecule has 41 heavy (non-hydrogen) atoms. The average molecular weight is 599 g/mol. The van der Waals surface area contributed by atoms with Gasteiger partial charge in [0.2, 0.25) is 11.8 Å². The molecule has 0 amide bonds. The summed E-state index contributed by atoms with van der Waals surface area (Å²) in [6, 6.07) is 6.62. The van der Waals surface area contributed by atoms with Crippen LogP contribution in [0.15, 0.2) is 36.7 Å². The Kier molecular flexibility index (Phi) is 9.11. The molecule has 0 saturated carbocycles. The normalized spacial score (nSPS) is 24.7. The molecule has 15 nitrogen and oxygen atoms in total. The zero-order valence-corrected chi connectivity index (χ0v) is 23.6. The lowest BCUT2D eigenvalue weighted by Crippen LogP contribution is -2.44. The number of aromatic nitrogens is 4. The molecule has 0 radical (unpaired) electrons. The Labute approximate surface area is 234 Å². The molecule has 1 aliphatic rings. The van der Waals surface area contributed by atoms with Crippen molar-refractivity contribution in [2.75, 3.05) is 18.9 Å². The van der Waals surface area contributed by atoms with E-state index in [0.29, 0.717) is 0 Å². The fraction of sp³-hybridized carbons (Fsp3) is 0.500. The van der Waals surface area contributed by atoms with E-state index in [0.717, 1.165) is 4.57 Å². The Balaban J connectivity index is 1.57. The summed E-state index contributed by atoms with van der Waals surface area (Å²) >= 11 is 0. The van der Waals surface area contributed by atoms with E-state index in [4.69, 9.17) is 29.0 Å². The summed E-state index contributed by atoms with van der Waals surface area (Å²) in [5.74, 6) is -3.89. The van der Waals surface area contributed by atoms with Gasteiger partial charge in [-0.05, 0) is 39.8 Å². The van der Waals surface area contributed by atoms with Crippen LogP contribution in [0.4, 0.5) is 10.3 Å². The number of fused-ring (bicyclic) bond motifs is 1. The van der Waals surface area contributed by atoms with Crippen molar-refractivity contribution in [3.05, 3.63) is 36.7 Å². The van der Waals surface area contributed by atoms with Crippen molar-refractivity contribution in [2.24, 2.45) is 0 Å². The van der Waals surface area contributed by atoms with Crippen molar-refractivity contribution in [3.8, 4) is 11.6 Å². The number of carbonyl (C=O) groups excluding carboxylic acids is 1. The van der Waals surface area contributed by atoms with Crippen LogP contribution in [0.5, 0.6) is 11.6 Å². The fourth-order valence-electron chi connectivity index (χ4n) is 3.93. The maximum Gasteiger partial charge on any atom is 0.459 e. The number of hydrogen-bond donors (Lipinski definition) is 4. The number of anilines is 1. The van der Waals surface area contributed by atoms with Gasteiger partial charge in [0, 0.05) is 0 Å². The first-order valence-corrected chi connectivity index (χ1v) is 14.2. The second-order valence-corrected chi connectivity index (χ2v) is 11.1. The summed E-state index contributed by atoms with van der Waals surface area (Å²) in [6.07, 6.45) is -4.86. The molecule has 3 heterocycles. The number of para-hydroxylation sites is 1. The molecule has 1 aliphatic heterocycles. The van der Waals surface area contributed by atoms with E-state index < -0.39 is 56.8 Å². The van der Waals surface area contributed by atoms with Gasteiger partial charge < -0.3 is 34.7 Å². The third kappa shape index (κ3) is 6.74. The standard InChI is InChI=1S/C24H32FN6O9P/c1-5-36-20-16-19(28-23(26)29-20)31(12-27-16)21-17(32)18(33)24(25,39-21)11-37-41(35,40-15-9-7-6-8-10-15)30-14(4)22(34)38-13(2)3/h6-10,12-14,17-18,21,32-33H,5,11H2,1-4H3,(H,30,35)(H2,26,28,29)/t14-,17+,18-,21?,24+,41-/m0/s1. The summed E-state index contributed by atoms with van der Waals surface area (Å²) < 4.78 is 57.7.